The molecule has 2 unspecified atom stereocenters. The molecule has 7 heteroatoms. The van der Waals surface area contributed by atoms with Crippen LogP contribution in [0, 0.1) is 5.92 Å². The minimum atomic E-state index is -3.93. The Kier molecular flexibility index (Phi) is 13.6. The van der Waals surface area contributed by atoms with Crippen LogP contribution in [0.4, 0.5) is 0 Å². The van der Waals surface area contributed by atoms with Gasteiger partial charge in [0, 0.05) is 17.9 Å². The summed E-state index contributed by atoms with van der Waals surface area (Å²) < 4.78 is 31.3. The van der Waals surface area contributed by atoms with Gasteiger partial charge in [-0.05, 0) is 50.8 Å². The molecule has 0 spiro atoms. The number of aliphatic hydroxyl groups is 1. The molecule has 1 aromatic carbocycles. The monoisotopic (exact) mass is 530 g/mol. The third-order valence-electron chi connectivity index (χ3n) is 6.42. The lowest BCUT2D eigenvalue weighted by molar-refractivity contribution is -0.143. The van der Waals surface area contributed by atoms with Crippen LogP contribution in [-0.2, 0) is 24.2 Å². The molecule has 0 fully saturated rings. The minimum Gasteiger partial charge on any atom is -0.466 e. The molecule has 0 heterocycles. The zero-order valence-electron chi connectivity index (χ0n) is 22.2. The average Bonchev–Trinajstić information content (AvgIpc) is 3.21. The maximum Gasteiger partial charge on any atom is 0.305 e. The van der Waals surface area contributed by atoms with Crippen molar-refractivity contribution in [2.75, 3.05) is 6.61 Å². The Bertz CT molecular complexity index is 1050. The van der Waals surface area contributed by atoms with E-state index in [0.29, 0.717) is 31.4 Å². The molecule has 0 amide bonds. The molecule has 1 N–H and O–H groups in total. The van der Waals surface area contributed by atoms with Crippen LogP contribution in [0.3, 0.4) is 0 Å². The van der Waals surface area contributed by atoms with E-state index in [0.717, 1.165) is 51.4 Å². The molecule has 0 saturated heterocycles. The predicted octanol–water partition coefficient (Wildman–Crippen LogP) is 6.26. The normalized spacial score (nSPS) is 17.9. The van der Waals surface area contributed by atoms with Gasteiger partial charge in [0.15, 0.2) is 0 Å². The van der Waals surface area contributed by atoms with Gasteiger partial charge in [-0.1, -0.05) is 81.9 Å². The van der Waals surface area contributed by atoms with Gasteiger partial charge in [0.2, 0.25) is 15.6 Å². The van der Waals surface area contributed by atoms with Crippen molar-refractivity contribution < 1.29 is 27.9 Å². The Morgan fingerprint density at radius 3 is 2.43 bits per heavy atom. The molecular formula is C30H42O6S. The fraction of sp³-hybridized carbons (Fsp3) is 0.533. The topological polar surface area (TPSA) is 97.7 Å². The summed E-state index contributed by atoms with van der Waals surface area (Å²) in [5, 5.41) is 10.3. The number of hydrogen-bond acceptors (Lipinski definition) is 6. The zero-order chi connectivity index (χ0) is 27.1. The second-order valence-electron chi connectivity index (χ2n) is 9.42. The number of unbranched alkanes of at least 4 members (excludes halogenated alkanes) is 7. The molecular weight excluding hydrogens is 488 g/mol. The lowest BCUT2D eigenvalue weighted by Gasteiger charge is -2.08. The van der Waals surface area contributed by atoms with E-state index in [1.807, 2.05) is 6.08 Å². The number of Topliss-reactive ketones (excluding diaryl/α,β-unsaturated/α-hetero) is 1. The highest BCUT2D eigenvalue weighted by molar-refractivity contribution is 7.96. The Morgan fingerprint density at radius 1 is 1.03 bits per heavy atom. The number of aliphatic hydroxyl groups excluding tert-OH is 1. The maximum absolute atomic E-state index is 13.3. The first-order valence-corrected chi connectivity index (χ1v) is 15.1. The van der Waals surface area contributed by atoms with E-state index in [-0.39, 0.29) is 15.8 Å². The highest BCUT2D eigenvalue weighted by Crippen LogP contribution is 2.34. The van der Waals surface area contributed by atoms with Crippen molar-refractivity contribution in [3.05, 3.63) is 65.1 Å². The van der Waals surface area contributed by atoms with E-state index < -0.39 is 27.6 Å². The highest BCUT2D eigenvalue weighted by atomic mass is 32.2. The number of ether oxygens (including phenoxy) is 1. The molecule has 6 nitrogen and oxygen atoms in total. The van der Waals surface area contributed by atoms with Crippen LogP contribution >= 0.6 is 0 Å². The number of rotatable bonds is 17. The third-order valence-corrected chi connectivity index (χ3v) is 8.21. The van der Waals surface area contributed by atoms with Crippen LogP contribution in [0.2, 0.25) is 0 Å². The summed E-state index contributed by atoms with van der Waals surface area (Å²) in [5.41, 5.74) is 0.453. The first kappa shape index (κ1) is 30.7. The van der Waals surface area contributed by atoms with Crippen molar-refractivity contribution in [1.82, 2.24) is 0 Å². The van der Waals surface area contributed by atoms with Crippen LogP contribution in [-0.4, -0.2) is 38.0 Å². The molecule has 0 saturated carbocycles. The summed E-state index contributed by atoms with van der Waals surface area (Å²) in [6.07, 6.45) is 15.5. The second-order valence-corrected chi connectivity index (χ2v) is 11.3. The Morgan fingerprint density at radius 2 is 1.73 bits per heavy atom. The molecule has 0 radical (unpaired) electrons. The number of hydrogen-bond donors (Lipinski definition) is 1. The van der Waals surface area contributed by atoms with Crippen molar-refractivity contribution in [2.24, 2.45) is 5.92 Å². The van der Waals surface area contributed by atoms with E-state index in [2.05, 4.69) is 6.92 Å². The lowest BCUT2D eigenvalue weighted by Crippen LogP contribution is -2.12. The molecule has 0 aromatic heterocycles. The summed E-state index contributed by atoms with van der Waals surface area (Å²) in [7, 11) is -3.93. The van der Waals surface area contributed by atoms with Gasteiger partial charge in [-0.3, -0.25) is 9.59 Å². The summed E-state index contributed by atoms with van der Waals surface area (Å²) in [4.78, 5) is 24.6. The molecule has 1 aliphatic rings. The van der Waals surface area contributed by atoms with Gasteiger partial charge >= 0.3 is 5.97 Å². The molecule has 204 valence electrons. The van der Waals surface area contributed by atoms with Crippen LogP contribution in [0.25, 0.3) is 0 Å². The zero-order valence-corrected chi connectivity index (χ0v) is 23.0. The molecule has 37 heavy (non-hydrogen) atoms. The molecule has 0 aliphatic heterocycles. The molecule has 2 atom stereocenters. The Balaban J connectivity index is 2.04. The quantitative estimate of drug-likeness (QED) is 0.110. The SMILES string of the molecule is CCCCCC(O)C=CC1C=C(S(=O)(=O)c2ccccc2)C(=O)C1=CCCCCCCCC(=O)OCC. The molecule has 2 rings (SSSR count). The minimum absolute atomic E-state index is 0.0981. The van der Waals surface area contributed by atoms with Gasteiger partial charge in [-0.25, -0.2) is 8.42 Å². The number of esters is 1. The van der Waals surface area contributed by atoms with Crippen LogP contribution in [0.15, 0.2) is 70.0 Å². The van der Waals surface area contributed by atoms with E-state index in [1.54, 1.807) is 37.3 Å². The van der Waals surface area contributed by atoms with E-state index in [9.17, 15) is 23.1 Å². The summed E-state index contributed by atoms with van der Waals surface area (Å²) in [6.45, 7) is 4.31. The number of ketones is 1. The van der Waals surface area contributed by atoms with Gasteiger partial charge in [0.25, 0.3) is 0 Å². The van der Waals surface area contributed by atoms with Gasteiger partial charge in [0.05, 0.1) is 17.6 Å². The van der Waals surface area contributed by atoms with Gasteiger partial charge in [0.1, 0.15) is 4.91 Å². The van der Waals surface area contributed by atoms with Crippen molar-refractivity contribution in [2.45, 2.75) is 95.5 Å². The number of allylic oxidation sites excluding steroid dienone is 5. The predicted molar refractivity (Wildman–Crippen MR) is 147 cm³/mol. The summed E-state index contributed by atoms with van der Waals surface area (Å²) >= 11 is 0. The van der Waals surface area contributed by atoms with Crippen LogP contribution in [0.1, 0.15) is 84.5 Å². The van der Waals surface area contributed by atoms with Gasteiger partial charge < -0.3 is 9.84 Å². The molecule has 1 aromatic rings. The van der Waals surface area contributed by atoms with E-state index in [1.165, 1.54) is 18.2 Å². The average molecular weight is 531 g/mol. The lowest BCUT2D eigenvalue weighted by atomic mass is 9.98. The number of sulfone groups is 1. The van der Waals surface area contributed by atoms with Gasteiger partial charge in [-0.15, -0.1) is 0 Å². The van der Waals surface area contributed by atoms with Crippen molar-refractivity contribution in [3.63, 3.8) is 0 Å². The highest BCUT2D eigenvalue weighted by Gasteiger charge is 2.36. The smallest absolute Gasteiger partial charge is 0.305 e. The largest absolute Gasteiger partial charge is 0.466 e. The van der Waals surface area contributed by atoms with Crippen LogP contribution in [0.5, 0.6) is 0 Å². The third kappa shape index (κ3) is 10.0. The first-order valence-electron chi connectivity index (χ1n) is 13.6. The van der Waals surface area contributed by atoms with Gasteiger partial charge in [-0.2, -0.15) is 0 Å². The summed E-state index contributed by atoms with van der Waals surface area (Å²) in [6, 6.07) is 8.00. The standard InChI is InChI=1S/C30H42O6S/c1-3-5-11-16-25(31)22-21-24-23-28(37(34,35)26-17-12-10-13-18-26)30(33)27(24)19-14-8-6-7-9-15-20-29(32)36-4-2/h10,12-13,17-19,21-25,31H,3-9,11,14-16,20H2,1-2H3. The molecule has 1 aliphatic carbocycles. The van der Waals surface area contributed by atoms with E-state index in [4.69, 9.17) is 4.74 Å². The van der Waals surface area contributed by atoms with Crippen molar-refractivity contribution in [3.8, 4) is 0 Å². The fourth-order valence-electron chi connectivity index (χ4n) is 4.33. The Hall–Kier alpha value is -2.51. The van der Waals surface area contributed by atoms with Crippen LogP contribution < -0.4 is 0 Å². The summed E-state index contributed by atoms with van der Waals surface area (Å²) in [5.74, 6) is -1.10. The maximum atomic E-state index is 13.3. The number of benzene rings is 1. The second kappa shape index (κ2) is 16.4. The molecule has 0 bridgehead atoms. The van der Waals surface area contributed by atoms with E-state index >= 15 is 0 Å². The number of carbonyl (C=O) groups excluding carboxylic acids is 2. The first-order chi connectivity index (χ1) is 17.8. The van der Waals surface area contributed by atoms with Crippen molar-refractivity contribution >= 4 is 21.6 Å². The fourth-order valence-corrected chi connectivity index (χ4v) is 5.79. The Labute approximate surface area is 222 Å². The number of carbonyl (C=O) groups is 2. The van der Waals surface area contributed by atoms with Crippen molar-refractivity contribution in [1.29, 1.82) is 0 Å².